The average Bonchev–Trinajstić information content (AvgIpc) is 3.06. The summed E-state index contributed by atoms with van der Waals surface area (Å²) in [7, 11) is 2.18. The van der Waals surface area contributed by atoms with Gasteiger partial charge in [0.2, 0.25) is 0 Å². The van der Waals surface area contributed by atoms with Gasteiger partial charge in [-0.1, -0.05) is 13.8 Å². The number of hydrogen-bond acceptors (Lipinski definition) is 3. The number of nitrogens with one attached hydrogen (secondary N) is 1. The van der Waals surface area contributed by atoms with Crippen molar-refractivity contribution in [3.63, 3.8) is 0 Å². The average molecular weight is 264 g/mol. The van der Waals surface area contributed by atoms with E-state index in [0.29, 0.717) is 6.04 Å². The minimum atomic E-state index is 0.595. The molecule has 0 spiro atoms. The van der Waals surface area contributed by atoms with Gasteiger partial charge in [-0.25, -0.2) is 0 Å². The summed E-state index contributed by atoms with van der Waals surface area (Å²) in [5.41, 5.74) is 0. The Morgan fingerprint density at radius 1 is 1.26 bits per heavy atom. The molecule has 1 aromatic rings. The molecule has 19 heavy (non-hydrogen) atoms. The molecule has 1 aliphatic carbocycles. The third-order valence-electron chi connectivity index (χ3n) is 3.83. The first kappa shape index (κ1) is 14.6. The number of nitrogens with zero attached hydrogens (tertiary/aromatic N) is 1. The van der Waals surface area contributed by atoms with Crippen LogP contribution in [0.3, 0.4) is 0 Å². The van der Waals surface area contributed by atoms with Gasteiger partial charge in [0.1, 0.15) is 11.5 Å². The molecule has 2 rings (SSSR count). The highest BCUT2D eigenvalue weighted by Crippen LogP contribution is 2.20. The van der Waals surface area contributed by atoms with Gasteiger partial charge in [0.05, 0.1) is 13.1 Å². The zero-order valence-electron chi connectivity index (χ0n) is 12.8. The summed E-state index contributed by atoms with van der Waals surface area (Å²) in [4.78, 5) is 2.37. The van der Waals surface area contributed by atoms with Crippen LogP contribution in [0.25, 0.3) is 0 Å². The fraction of sp³-hybridized carbons (Fsp3) is 0.750. The van der Waals surface area contributed by atoms with E-state index in [1.807, 2.05) is 0 Å². The largest absolute Gasteiger partial charge is 0.463 e. The molecule has 3 heteroatoms. The van der Waals surface area contributed by atoms with Crippen LogP contribution in [-0.2, 0) is 13.1 Å². The second-order valence-electron chi connectivity index (χ2n) is 6.42. The monoisotopic (exact) mass is 264 g/mol. The van der Waals surface area contributed by atoms with Crippen molar-refractivity contribution in [2.75, 3.05) is 7.05 Å². The zero-order chi connectivity index (χ0) is 13.8. The van der Waals surface area contributed by atoms with E-state index in [-0.39, 0.29) is 0 Å². The van der Waals surface area contributed by atoms with Crippen LogP contribution in [0.5, 0.6) is 0 Å². The van der Waals surface area contributed by atoms with Crippen molar-refractivity contribution in [2.45, 2.75) is 65.2 Å². The van der Waals surface area contributed by atoms with Crippen LogP contribution >= 0.6 is 0 Å². The second kappa shape index (κ2) is 6.58. The first-order chi connectivity index (χ1) is 9.04. The van der Waals surface area contributed by atoms with Crippen molar-refractivity contribution in [1.29, 1.82) is 0 Å². The number of hydrogen-bond donors (Lipinski definition) is 1. The van der Waals surface area contributed by atoms with E-state index >= 15 is 0 Å². The fourth-order valence-electron chi connectivity index (χ4n) is 2.40. The standard InChI is InChI=1S/C16H28N2O/c1-12(2)9-13(3)18(4)11-16-8-7-15(19-16)10-17-14-5-6-14/h7-8,12-14,17H,5-6,9-11H2,1-4H3. The van der Waals surface area contributed by atoms with Crippen molar-refractivity contribution in [1.82, 2.24) is 10.2 Å². The van der Waals surface area contributed by atoms with Crippen LogP contribution < -0.4 is 5.32 Å². The lowest BCUT2D eigenvalue weighted by Gasteiger charge is -2.25. The van der Waals surface area contributed by atoms with Crippen LogP contribution in [0.15, 0.2) is 16.5 Å². The molecule has 1 fully saturated rings. The van der Waals surface area contributed by atoms with Gasteiger partial charge in [-0.05, 0) is 51.3 Å². The van der Waals surface area contributed by atoms with Gasteiger partial charge in [-0.15, -0.1) is 0 Å². The van der Waals surface area contributed by atoms with Gasteiger partial charge < -0.3 is 9.73 Å². The summed E-state index contributed by atoms with van der Waals surface area (Å²) in [6, 6.07) is 5.55. The molecular formula is C16H28N2O. The van der Waals surface area contributed by atoms with E-state index < -0.39 is 0 Å². The van der Waals surface area contributed by atoms with E-state index in [9.17, 15) is 0 Å². The Bertz CT molecular complexity index is 382. The number of rotatable bonds is 8. The lowest BCUT2D eigenvalue weighted by Crippen LogP contribution is -2.29. The van der Waals surface area contributed by atoms with Gasteiger partial charge in [0, 0.05) is 12.1 Å². The third kappa shape index (κ3) is 5.00. The molecule has 108 valence electrons. The molecule has 0 saturated heterocycles. The molecule has 3 nitrogen and oxygen atoms in total. The summed E-state index contributed by atoms with van der Waals surface area (Å²) >= 11 is 0. The Kier molecular flexibility index (Phi) is 5.06. The Balaban J connectivity index is 1.77. The highest BCUT2D eigenvalue weighted by molar-refractivity contribution is 5.07. The fourth-order valence-corrected chi connectivity index (χ4v) is 2.40. The predicted molar refractivity (Wildman–Crippen MR) is 79.0 cm³/mol. The Hall–Kier alpha value is -0.800. The summed E-state index contributed by atoms with van der Waals surface area (Å²) in [5.74, 6) is 2.88. The van der Waals surface area contributed by atoms with Gasteiger partial charge in [-0.3, -0.25) is 4.90 Å². The second-order valence-corrected chi connectivity index (χ2v) is 6.42. The molecule has 1 unspecified atom stereocenters. The van der Waals surface area contributed by atoms with Crippen molar-refractivity contribution in [3.05, 3.63) is 23.7 Å². The molecular weight excluding hydrogens is 236 g/mol. The minimum Gasteiger partial charge on any atom is -0.463 e. The topological polar surface area (TPSA) is 28.4 Å². The molecule has 0 aromatic carbocycles. The molecule has 0 bridgehead atoms. The van der Waals surface area contributed by atoms with Gasteiger partial charge in [0.15, 0.2) is 0 Å². The maximum Gasteiger partial charge on any atom is 0.118 e. The van der Waals surface area contributed by atoms with Gasteiger partial charge in [0.25, 0.3) is 0 Å². The highest BCUT2D eigenvalue weighted by atomic mass is 16.3. The first-order valence-electron chi connectivity index (χ1n) is 7.55. The maximum atomic E-state index is 5.88. The smallest absolute Gasteiger partial charge is 0.118 e. The van der Waals surface area contributed by atoms with E-state index in [1.165, 1.54) is 19.3 Å². The van der Waals surface area contributed by atoms with Crippen LogP contribution in [-0.4, -0.2) is 24.0 Å². The zero-order valence-corrected chi connectivity index (χ0v) is 12.8. The van der Waals surface area contributed by atoms with Crippen LogP contribution in [0.2, 0.25) is 0 Å². The van der Waals surface area contributed by atoms with Crippen molar-refractivity contribution < 1.29 is 4.42 Å². The highest BCUT2D eigenvalue weighted by Gasteiger charge is 2.20. The SMILES string of the molecule is CC(C)CC(C)N(C)Cc1ccc(CNC2CC2)o1. The molecule has 1 aromatic heterocycles. The molecule has 1 saturated carbocycles. The lowest BCUT2D eigenvalue weighted by atomic mass is 10.0. The Morgan fingerprint density at radius 3 is 2.58 bits per heavy atom. The molecule has 0 amide bonds. The molecule has 0 radical (unpaired) electrons. The third-order valence-corrected chi connectivity index (χ3v) is 3.83. The normalized spacial score (nSPS) is 17.4. The van der Waals surface area contributed by atoms with E-state index in [0.717, 1.165) is 36.6 Å². The quantitative estimate of drug-likeness (QED) is 0.780. The van der Waals surface area contributed by atoms with Crippen LogP contribution in [0, 0.1) is 5.92 Å². The minimum absolute atomic E-state index is 0.595. The Morgan fingerprint density at radius 2 is 1.95 bits per heavy atom. The molecule has 1 heterocycles. The predicted octanol–water partition coefficient (Wildman–Crippen LogP) is 3.40. The summed E-state index contributed by atoms with van der Waals surface area (Å²) in [6.07, 6.45) is 3.87. The summed E-state index contributed by atoms with van der Waals surface area (Å²) < 4.78 is 5.88. The maximum absolute atomic E-state index is 5.88. The van der Waals surface area contributed by atoms with Crippen molar-refractivity contribution >= 4 is 0 Å². The van der Waals surface area contributed by atoms with Gasteiger partial charge >= 0.3 is 0 Å². The molecule has 0 aliphatic heterocycles. The van der Waals surface area contributed by atoms with Crippen molar-refractivity contribution in [2.24, 2.45) is 5.92 Å². The Labute approximate surface area is 117 Å². The van der Waals surface area contributed by atoms with Crippen LogP contribution in [0.4, 0.5) is 0 Å². The summed E-state index contributed by atoms with van der Waals surface area (Å²) in [5, 5.41) is 3.48. The first-order valence-corrected chi connectivity index (χ1v) is 7.55. The van der Waals surface area contributed by atoms with E-state index in [1.54, 1.807) is 0 Å². The molecule has 1 aliphatic rings. The lowest BCUT2D eigenvalue weighted by molar-refractivity contribution is 0.203. The van der Waals surface area contributed by atoms with Gasteiger partial charge in [-0.2, -0.15) is 0 Å². The number of furan rings is 1. The van der Waals surface area contributed by atoms with E-state index in [2.05, 4.69) is 50.2 Å². The molecule has 1 N–H and O–H groups in total. The summed E-state index contributed by atoms with van der Waals surface area (Å²) in [6.45, 7) is 8.61. The van der Waals surface area contributed by atoms with E-state index in [4.69, 9.17) is 4.42 Å². The van der Waals surface area contributed by atoms with Crippen molar-refractivity contribution in [3.8, 4) is 0 Å². The van der Waals surface area contributed by atoms with Crippen LogP contribution in [0.1, 0.15) is 51.6 Å². The molecule has 1 atom stereocenters.